The summed E-state index contributed by atoms with van der Waals surface area (Å²) in [5.41, 5.74) is 0.844. The quantitative estimate of drug-likeness (QED) is 0.545. The van der Waals surface area contributed by atoms with Gasteiger partial charge in [0.05, 0.1) is 17.1 Å². The third-order valence-electron chi connectivity index (χ3n) is 3.43. The van der Waals surface area contributed by atoms with E-state index in [9.17, 15) is 4.79 Å². The van der Waals surface area contributed by atoms with Crippen LogP contribution in [0.2, 0.25) is 0 Å². The fourth-order valence-corrected chi connectivity index (χ4v) is 3.53. The first-order valence-electron chi connectivity index (χ1n) is 8.13. The summed E-state index contributed by atoms with van der Waals surface area (Å²) < 4.78 is 2.19. The van der Waals surface area contributed by atoms with Crippen molar-refractivity contribution in [1.29, 1.82) is 0 Å². The molecular weight excluding hydrogens is 342 g/mol. The average molecular weight is 368 g/mol. The first-order valence-corrected chi connectivity index (χ1v) is 10.2. The van der Waals surface area contributed by atoms with Gasteiger partial charge in [-0.2, -0.15) is 0 Å². The average Bonchev–Trinajstić information content (AvgIpc) is 3.09. The van der Waals surface area contributed by atoms with Crippen molar-refractivity contribution in [2.24, 2.45) is 5.92 Å². The van der Waals surface area contributed by atoms with Gasteiger partial charge in [-0.1, -0.05) is 25.6 Å². The van der Waals surface area contributed by atoms with Crippen LogP contribution in [0.3, 0.4) is 0 Å². The molecule has 1 amide bonds. The predicted octanol–water partition coefficient (Wildman–Crippen LogP) is 2.71. The van der Waals surface area contributed by atoms with E-state index in [2.05, 4.69) is 38.9 Å². The molecule has 132 valence electrons. The van der Waals surface area contributed by atoms with Crippen molar-refractivity contribution in [3.63, 3.8) is 0 Å². The number of aryl methyl sites for hydroxylation is 2. The van der Waals surface area contributed by atoms with Crippen LogP contribution < -0.4 is 5.32 Å². The minimum Gasteiger partial charge on any atom is -0.356 e. The SMILES string of the molecule is CSc1nnc(CCCNC(=O)Cc2csc(C)n2)n1CC(C)C. The van der Waals surface area contributed by atoms with Crippen molar-refractivity contribution in [3.8, 4) is 0 Å². The molecule has 1 N–H and O–H groups in total. The Morgan fingerprint density at radius 1 is 1.42 bits per heavy atom. The topological polar surface area (TPSA) is 72.7 Å². The van der Waals surface area contributed by atoms with Crippen molar-refractivity contribution in [2.75, 3.05) is 12.8 Å². The van der Waals surface area contributed by atoms with E-state index in [1.54, 1.807) is 23.1 Å². The van der Waals surface area contributed by atoms with Gasteiger partial charge in [0.25, 0.3) is 0 Å². The molecule has 0 radical (unpaired) electrons. The van der Waals surface area contributed by atoms with Gasteiger partial charge in [-0.05, 0) is 25.5 Å². The lowest BCUT2D eigenvalue weighted by Gasteiger charge is -2.11. The lowest BCUT2D eigenvalue weighted by atomic mass is 10.2. The number of thioether (sulfide) groups is 1. The normalized spacial score (nSPS) is 11.2. The molecule has 0 aliphatic heterocycles. The van der Waals surface area contributed by atoms with Crippen LogP contribution in [0.5, 0.6) is 0 Å². The maximum Gasteiger partial charge on any atom is 0.226 e. The van der Waals surface area contributed by atoms with Gasteiger partial charge in [-0.25, -0.2) is 4.98 Å². The maximum atomic E-state index is 11.9. The van der Waals surface area contributed by atoms with Gasteiger partial charge in [0.1, 0.15) is 5.82 Å². The van der Waals surface area contributed by atoms with Crippen LogP contribution in [0.15, 0.2) is 10.5 Å². The third kappa shape index (κ3) is 5.59. The van der Waals surface area contributed by atoms with Gasteiger partial charge in [0, 0.05) is 24.9 Å². The predicted molar refractivity (Wildman–Crippen MR) is 98.5 cm³/mol. The van der Waals surface area contributed by atoms with Crippen LogP contribution >= 0.6 is 23.1 Å². The first kappa shape index (κ1) is 18.9. The summed E-state index contributed by atoms with van der Waals surface area (Å²) in [5, 5.41) is 15.4. The van der Waals surface area contributed by atoms with Crippen molar-refractivity contribution >= 4 is 29.0 Å². The molecule has 2 rings (SSSR count). The number of carbonyl (C=O) groups excluding carboxylic acids is 1. The van der Waals surface area contributed by atoms with E-state index in [0.717, 1.165) is 41.1 Å². The number of aromatic nitrogens is 4. The number of nitrogens with one attached hydrogen (secondary N) is 1. The molecule has 0 unspecified atom stereocenters. The van der Waals surface area contributed by atoms with Crippen LogP contribution in [0.4, 0.5) is 0 Å². The van der Waals surface area contributed by atoms with Gasteiger partial charge in [0.15, 0.2) is 5.16 Å². The second kappa shape index (κ2) is 9.17. The van der Waals surface area contributed by atoms with Crippen LogP contribution in [-0.2, 0) is 24.2 Å². The number of thiazole rings is 1. The summed E-state index contributed by atoms with van der Waals surface area (Å²) in [6, 6.07) is 0. The Morgan fingerprint density at radius 3 is 2.83 bits per heavy atom. The van der Waals surface area contributed by atoms with E-state index >= 15 is 0 Å². The van der Waals surface area contributed by atoms with E-state index in [-0.39, 0.29) is 5.91 Å². The maximum absolute atomic E-state index is 11.9. The van der Waals surface area contributed by atoms with Crippen molar-refractivity contribution in [3.05, 3.63) is 21.9 Å². The molecule has 0 aromatic carbocycles. The molecule has 0 aliphatic carbocycles. The van der Waals surface area contributed by atoms with Crippen LogP contribution in [0, 0.1) is 12.8 Å². The second-order valence-electron chi connectivity index (χ2n) is 6.10. The molecule has 24 heavy (non-hydrogen) atoms. The number of amides is 1. The molecule has 0 saturated heterocycles. The molecule has 0 bridgehead atoms. The molecule has 2 heterocycles. The molecule has 0 saturated carbocycles. The van der Waals surface area contributed by atoms with Crippen molar-refractivity contribution < 1.29 is 4.79 Å². The fourth-order valence-electron chi connectivity index (χ4n) is 2.39. The van der Waals surface area contributed by atoms with E-state index in [0.29, 0.717) is 18.9 Å². The summed E-state index contributed by atoms with van der Waals surface area (Å²) in [4.78, 5) is 16.2. The highest BCUT2D eigenvalue weighted by atomic mass is 32.2. The van der Waals surface area contributed by atoms with Gasteiger partial charge in [0.2, 0.25) is 5.91 Å². The Kier molecular flexibility index (Phi) is 7.23. The molecule has 0 aliphatic rings. The summed E-state index contributed by atoms with van der Waals surface area (Å²) in [6.45, 7) is 7.89. The van der Waals surface area contributed by atoms with Gasteiger partial charge < -0.3 is 9.88 Å². The minimum atomic E-state index is 0.0220. The van der Waals surface area contributed by atoms with Crippen molar-refractivity contribution in [1.82, 2.24) is 25.1 Å². The zero-order valence-electron chi connectivity index (χ0n) is 14.7. The Hall–Kier alpha value is -1.41. The largest absolute Gasteiger partial charge is 0.356 e. The zero-order chi connectivity index (χ0) is 17.5. The number of nitrogens with zero attached hydrogens (tertiary/aromatic N) is 4. The highest BCUT2D eigenvalue weighted by Gasteiger charge is 2.12. The second-order valence-corrected chi connectivity index (χ2v) is 7.93. The molecule has 8 heteroatoms. The number of hydrogen-bond donors (Lipinski definition) is 1. The number of hydrogen-bond acceptors (Lipinski definition) is 6. The van der Waals surface area contributed by atoms with Gasteiger partial charge in [-0.3, -0.25) is 4.79 Å². The monoisotopic (exact) mass is 367 g/mol. The Labute approximate surface area is 151 Å². The fraction of sp³-hybridized carbons (Fsp3) is 0.625. The van der Waals surface area contributed by atoms with Crippen molar-refractivity contribution in [2.45, 2.75) is 51.7 Å². The number of rotatable bonds is 9. The standard InChI is InChI=1S/C16H25N5OS2/c1-11(2)9-21-14(19-20-16(21)23-4)6-5-7-17-15(22)8-13-10-24-12(3)18-13/h10-11H,5-9H2,1-4H3,(H,17,22). The smallest absolute Gasteiger partial charge is 0.226 e. The molecular formula is C16H25N5OS2. The van der Waals surface area contributed by atoms with E-state index in [4.69, 9.17) is 0 Å². The summed E-state index contributed by atoms with van der Waals surface area (Å²) in [6.07, 6.45) is 4.04. The Morgan fingerprint density at radius 2 is 2.21 bits per heavy atom. The summed E-state index contributed by atoms with van der Waals surface area (Å²) >= 11 is 3.19. The first-order chi connectivity index (χ1) is 11.5. The molecule has 0 atom stereocenters. The van der Waals surface area contributed by atoms with Crippen LogP contribution in [0.1, 0.15) is 36.8 Å². The molecule has 2 aromatic heterocycles. The summed E-state index contributed by atoms with van der Waals surface area (Å²) in [7, 11) is 0. The van der Waals surface area contributed by atoms with Gasteiger partial charge >= 0.3 is 0 Å². The summed E-state index contributed by atoms with van der Waals surface area (Å²) in [5.74, 6) is 1.57. The third-order valence-corrected chi connectivity index (χ3v) is 4.92. The lowest BCUT2D eigenvalue weighted by molar-refractivity contribution is -0.120. The molecule has 0 fully saturated rings. The van der Waals surface area contributed by atoms with E-state index in [1.165, 1.54) is 0 Å². The highest BCUT2D eigenvalue weighted by Crippen LogP contribution is 2.16. The van der Waals surface area contributed by atoms with E-state index < -0.39 is 0 Å². The molecule has 2 aromatic rings. The Bertz CT molecular complexity index is 665. The lowest BCUT2D eigenvalue weighted by Crippen LogP contribution is -2.26. The van der Waals surface area contributed by atoms with Crippen LogP contribution in [-0.4, -0.2) is 38.5 Å². The minimum absolute atomic E-state index is 0.0220. The Balaban J connectivity index is 1.77. The molecule has 0 spiro atoms. The highest BCUT2D eigenvalue weighted by molar-refractivity contribution is 7.98. The van der Waals surface area contributed by atoms with Gasteiger partial charge in [-0.15, -0.1) is 21.5 Å². The van der Waals surface area contributed by atoms with E-state index in [1.807, 2.05) is 18.6 Å². The molecule has 6 nitrogen and oxygen atoms in total. The zero-order valence-corrected chi connectivity index (χ0v) is 16.3. The van der Waals surface area contributed by atoms with Crippen LogP contribution in [0.25, 0.3) is 0 Å². The number of carbonyl (C=O) groups is 1.